The molecule has 0 spiro atoms. The summed E-state index contributed by atoms with van der Waals surface area (Å²) in [4.78, 5) is 14.4. The Kier molecular flexibility index (Phi) is 6.08. The topological polar surface area (TPSA) is 57.5 Å². The third-order valence-corrected chi connectivity index (χ3v) is 3.71. The van der Waals surface area contributed by atoms with Crippen LogP contribution in [0.3, 0.4) is 0 Å². The molecule has 1 aliphatic rings. The first-order chi connectivity index (χ1) is 9.75. The van der Waals surface area contributed by atoms with Gasteiger partial charge in [-0.25, -0.2) is 0 Å². The summed E-state index contributed by atoms with van der Waals surface area (Å²) in [5.41, 5.74) is 0. The smallest absolute Gasteiger partial charge is 0.237 e. The van der Waals surface area contributed by atoms with Gasteiger partial charge in [-0.3, -0.25) is 4.79 Å². The summed E-state index contributed by atoms with van der Waals surface area (Å²) in [6.07, 6.45) is 5.37. The minimum absolute atomic E-state index is 0.0163. The molecule has 5 heteroatoms. The lowest BCUT2D eigenvalue weighted by atomic mass is 10.3. The molecule has 0 aromatic carbocycles. The van der Waals surface area contributed by atoms with Crippen molar-refractivity contribution in [2.24, 2.45) is 0 Å². The number of carbonyl (C=O) groups is 1. The van der Waals surface area contributed by atoms with Crippen LogP contribution in [0.5, 0.6) is 0 Å². The number of hydrogen-bond acceptors (Lipinski definition) is 4. The Morgan fingerprint density at radius 1 is 1.45 bits per heavy atom. The lowest BCUT2D eigenvalue weighted by Crippen LogP contribution is -2.42. The number of hydrogen-bond donors (Lipinski definition) is 2. The fraction of sp³-hybridized carbons (Fsp3) is 0.667. The van der Waals surface area contributed by atoms with Crippen LogP contribution in [0.4, 0.5) is 0 Å². The number of furan rings is 1. The number of likely N-dealkylation sites (tertiary alicyclic amines) is 1. The molecule has 0 radical (unpaired) electrons. The third kappa shape index (κ3) is 4.98. The SMILES string of the molecule is CC(NCCCN1CCCC1)C(=O)NCc1ccco1. The fourth-order valence-corrected chi connectivity index (χ4v) is 2.46. The summed E-state index contributed by atoms with van der Waals surface area (Å²) in [6.45, 7) is 6.83. The molecular weight excluding hydrogens is 254 g/mol. The molecule has 2 heterocycles. The minimum atomic E-state index is -0.163. The summed E-state index contributed by atoms with van der Waals surface area (Å²) in [7, 11) is 0. The van der Waals surface area contributed by atoms with Gasteiger partial charge in [0, 0.05) is 0 Å². The largest absolute Gasteiger partial charge is 0.467 e. The maximum absolute atomic E-state index is 11.9. The molecule has 1 aliphatic heterocycles. The molecule has 1 fully saturated rings. The monoisotopic (exact) mass is 279 g/mol. The molecule has 1 saturated heterocycles. The van der Waals surface area contributed by atoms with Crippen molar-refractivity contribution >= 4 is 5.91 Å². The van der Waals surface area contributed by atoms with E-state index in [0.29, 0.717) is 6.54 Å². The van der Waals surface area contributed by atoms with Crippen molar-refractivity contribution in [1.82, 2.24) is 15.5 Å². The number of rotatable bonds is 8. The highest BCUT2D eigenvalue weighted by atomic mass is 16.3. The molecule has 0 saturated carbocycles. The van der Waals surface area contributed by atoms with Gasteiger partial charge in [0.05, 0.1) is 18.8 Å². The Labute approximate surface area is 120 Å². The van der Waals surface area contributed by atoms with Crippen molar-refractivity contribution in [3.8, 4) is 0 Å². The highest BCUT2D eigenvalue weighted by Gasteiger charge is 2.13. The predicted molar refractivity (Wildman–Crippen MR) is 78.3 cm³/mol. The molecule has 2 N–H and O–H groups in total. The second-order valence-corrected chi connectivity index (χ2v) is 5.38. The van der Waals surface area contributed by atoms with E-state index >= 15 is 0 Å². The van der Waals surface area contributed by atoms with E-state index in [4.69, 9.17) is 4.42 Å². The summed E-state index contributed by atoms with van der Waals surface area (Å²) >= 11 is 0. The molecule has 20 heavy (non-hydrogen) atoms. The number of carbonyl (C=O) groups excluding carboxylic acids is 1. The predicted octanol–water partition coefficient (Wildman–Crippen LogP) is 1.36. The molecule has 1 aromatic rings. The van der Waals surface area contributed by atoms with Crippen LogP contribution in [0, 0.1) is 0 Å². The first kappa shape index (κ1) is 15.1. The average molecular weight is 279 g/mol. The Morgan fingerprint density at radius 2 is 2.25 bits per heavy atom. The number of amides is 1. The van der Waals surface area contributed by atoms with Crippen molar-refractivity contribution in [2.75, 3.05) is 26.2 Å². The van der Waals surface area contributed by atoms with Gasteiger partial charge < -0.3 is 20.0 Å². The Hall–Kier alpha value is -1.33. The first-order valence-electron chi connectivity index (χ1n) is 7.51. The summed E-state index contributed by atoms with van der Waals surface area (Å²) < 4.78 is 5.18. The van der Waals surface area contributed by atoms with E-state index in [0.717, 1.165) is 25.3 Å². The van der Waals surface area contributed by atoms with Crippen LogP contribution in [0.15, 0.2) is 22.8 Å². The number of nitrogens with one attached hydrogen (secondary N) is 2. The Morgan fingerprint density at radius 3 is 2.95 bits per heavy atom. The molecule has 1 atom stereocenters. The van der Waals surface area contributed by atoms with Crippen molar-refractivity contribution < 1.29 is 9.21 Å². The summed E-state index contributed by atoms with van der Waals surface area (Å²) in [6, 6.07) is 3.51. The van der Waals surface area contributed by atoms with Gasteiger partial charge >= 0.3 is 0 Å². The van der Waals surface area contributed by atoms with E-state index in [1.54, 1.807) is 6.26 Å². The van der Waals surface area contributed by atoms with Crippen molar-refractivity contribution in [3.63, 3.8) is 0 Å². The van der Waals surface area contributed by atoms with Crippen LogP contribution in [0.2, 0.25) is 0 Å². The summed E-state index contributed by atoms with van der Waals surface area (Å²) in [5.74, 6) is 0.794. The minimum Gasteiger partial charge on any atom is -0.467 e. The van der Waals surface area contributed by atoms with Gasteiger partial charge in [-0.1, -0.05) is 0 Å². The van der Waals surface area contributed by atoms with Crippen molar-refractivity contribution in [1.29, 1.82) is 0 Å². The second-order valence-electron chi connectivity index (χ2n) is 5.38. The maximum Gasteiger partial charge on any atom is 0.237 e. The van der Waals surface area contributed by atoms with E-state index in [9.17, 15) is 4.79 Å². The fourth-order valence-electron chi connectivity index (χ4n) is 2.46. The quantitative estimate of drug-likeness (QED) is 0.706. The molecular formula is C15H25N3O2. The molecule has 1 aromatic heterocycles. The van der Waals surface area contributed by atoms with Gasteiger partial charge in [0.25, 0.3) is 0 Å². The highest BCUT2D eigenvalue weighted by molar-refractivity contribution is 5.81. The van der Waals surface area contributed by atoms with Gasteiger partial charge in [0.1, 0.15) is 5.76 Å². The average Bonchev–Trinajstić information content (AvgIpc) is 3.13. The van der Waals surface area contributed by atoms with E-state index in [1.165, 1.54) is 25.9 Å². The van der Waals surface area contributed by atoms with Gasteiger partial charge in [-0.2, -0.15) is 0 Å². The van der Waals surface area contributed by atoms with Gasteiger partial charge in [0.15, 0.2) is 0 Å². The van der Waals surface area contributed by atoms with Crippen molar-refractivity contribution in [3.05, 3.63) is 24.2 Å². The maximum atomic E-state index is 11.9. The molecule has 0 bridgehead atoms. The van der Waals surface area contributed by atoms with Crippen LogP contribution >= 0.6 is 0 Å². The Balaban J connectivity index is 1.54. The zero-order valence-corrected chi connectivity index (χ0v) is 12.2. The molecule has 5 nitrogen and oxygen atoms in total. The van der Waals surface area contributed by atoms with E-state index < -0.39 is 0 Å². The molecule has 2 rings (SSSR count). The normalized spacial score (nSPS) is 17.2. The van der Waals surface area contributed by atoms with Gasteiger partial charge in [-0.15, -0.1) is 0 Å². The van der Waals surface area contributed by atoms with Gasteiger partial charge in [-0.05, 0) is 64.5 Å². The van der Waals surface area contributed by atoms with E-state index in [-0.39, 0.29) is 11.9 Å². The second kappa shape index (κ2) is 8.07. The highest BCUT2D eigenvalue weighted by Crippen LogP contribution is 2.06. The molecule has 0 aliphatic carbocycles. The number of nitrogens with zero attached hydrogens (tertiary/aromatic N) is 1. The van der Waals surface area contributed by atoms with Crippen LogP contribution in [0.1, 0.15) is 31.9 Å². The zero-order valence-electron chi connectivity index (χ0n) is 12.2. The third-order valence-electron chi connectivity index (χ3n) is 3.71. The molecule has 1 amide bonds. The van der Waals surface area contributed by atoms with Crippen LogP contribution in [-0.4, -0.2) is 43.0 Å². The summed E-state index contributed by atoms with van der Waals surface area (Å²) in [5, 5.41) is 6.13. The first-order valence-corrected chi connectivity index (χ1v) is 7.51. The van der Waals surface area contributed by atoms with E-state index in [2.05, 4.69) is 15.5 Å². The van der Waals surface area contributed by atoms with E-state index in [1.807, 2.05) is 19.1 Å². The Bertz CT molecular complexity index is 386. The lowest BCUT2D eigenvalue weighted by Gasteiger charge is -2.16. The van der Waals surface area contributed by atoms with Crippen LogP contribution in [0.25, 0.3) is 0 Å². The molecule has 112 valence electrons. The zero-order chi connectivity index (χ0) is 14.2. The standard InChI is InChI=1S/C15H25N3O2/c1-13(15(19)17-12-14-6-4-11-20-14)16-7-5-10-18-8-2-3-9-18/h4,6,11,13,16H,2-3,5,7-10,12H2,1H3,(H,17,19). The van der Waals surface area contributed by atoms with Gasteiger partial charge in [0.2, 0.25) is 5.91 Å². The van der Waals surface area contributed by atoms with Crippen LogP contribution < -0.4 is 10.6 Å². The lowest BCUT2D eigenvalue weighted by molar-refractivity contribution is -0.123. The van der Waals surface area contributed by atoms with Crippen LogP contribution in [-0.2, 0) is 11.3 Å². The van der Waals surface area contributed by atoms with Crippen molar-refractivity contribution in [2.45, 2.75) is 38.8 Å². The molecule has 1 unspecified atom stereocenters.